The van der Waals surface area contributed by atoms with Gasteiger partial charge < -0.3 is 24.2 Å². The van der Waals surface area contributed by atoms with Gasteiger partial charge in [-0.05, 0) is 53.1 Å². The summed E-state index contributed by atoms with van der Waals surface area (Å²) in [5.41, 5.74) is 3.30. The van der Waals surface area contributed by atoms with Crippen LogP contribution < -0.4 is 9.47 Å². The number of Topliss-reactive ketones (excluding diaryl/α,β-unsaturated/α-hetero) is 1. The Hall–Kier alpha value is -4.92. The number of amides is 1. The van der Waals surface area contributed by atoms with Gasteiger partial charge in [-0.25, -0.2) is 0 Å². The quantitative estimate of drug-likeness (QED) is 0.136. The normalized spacial score (nSPS) is 18.2. The lowest BCUT2D eigenvalue weighted by Gasteiger charge is -2.31. The third-order valence-corrected chi connectivity index (χ3v) is 8.12. The molecule has 0 saturated carbocycles. The third kappa shape index (κ3) is 7.25. The number of hydrogen-bond donors (Lipinski definition) is 1. The summed E-state index contributed by atoms with van der Waals surface area (Å²) in [4.78, 5) is 30.8. The number of carbonyl (C=O) groups is 2. The first-order chi connectivity index (χ1) is 22.1. The van der Waals surface area contributed by atoms with Crippen LogP contribution in [0.15, 0.2) is 115 Å². The minimum Gasteiger partial charge on any atom is -0.507 e. The number of aliphatic hydroxyl groups is 1. The maximum absolute atomic E-state index is 13.5. The molecule has 4 aromatic rings. The van der Waals surface area contributed by atoms with Crippen molar-refractivity contribution in [2.75, 3.05) is 39.4 Å². The fraction of sp³-hybridized carbons (Fsp3) is 0.243. The number of benzene rings is 4. The van der Waals surface area contributed by atoms with Crippen LogP contribution in [-0.4, -0.2) is 66.0 Å². The minimum atomic E-state index is -0.747. The van der Waals surface area contributed by atoms with Gasteiger partial charge in [-0.1, -0.05) is 72.8 Å². The lowest BCUT2D eigenvalue weighted by molar-refractivity contribution is -0.140. The number of aliphatic hydroxyl groups excluding tert-OH is 1. The molecule has 1 N–H and O–H groups in total. The number of likely N-dealkylation sites (tertiary alicyclic amines) is 1. The summed E-state index contributed by atoms with van der Waals surface area (Å²) < 4.78 is 17.3. The van der Waals surface area contributed by atoms with Gasteiger partial charge in [-0.2, -0.15) is 0 Å². The van der Waals surface area contributed by atoms with Gasteiger partial charge in [0, 0.05) is 31.7 Å². The number of rotatable bonds is 11. The van der Waals surface area contributed by atoms with Crippen molar-refractivity contribution in [1.29, 1.82) is 0 Å². The predicted molar refractivity (Wildman–Crippen MR) is 171 cm³/mol. The van der Waals surface area contributed by atoms with Gasteiger partial charge in [0.1, 0.15) is 30.5 Å². The van der Waals surface area contributed by atoms with Crippen molar-refractivity contribution in [3.05, 3.63) is 137 Å². The minimum absolute atomic E-state index is 0.0675. The summed E-state index contributed by atoms with van der Waals surface area (Å²) in [5.74, 6) is -0.246. The molecule has 2 saturated heterocycles. The molecular formula is C37H36N2O6. The van der Waals surface area contributed by atoms with Crippen LogP contribution in [0.3, 0.4) is 0 Å². The molecule has 45 heavy (non-hydrogen) atoms. The van der Waals surface area contributed by atoms with E-state index >= 15 is 0 Å². The fourth-order valence-corrected chi connectivity index (χ4v) is 5.62. The number of hydrogen-bond acceptors (Lipinski definition) is 7. The molecule has 6 rings (SSSR count). The van der Waals surface area contributed by atoms with E-state index in [9.17, 15) is 14.7 Å². The zero-order valence-electron chi connectivity index (χ0n) is 25.0. The molecule has 2 aliphatic heterocycles. The highest BCUT2D eigenvalue weighted by Gasteiger charge is 2.46. The van der Waals surface area contributed by atoms with E-state index in [0.29, 0.717) is 62.1 Å². The van der Waals surface area contributed by atoms with Gasteiger partial charge in [-0.15, -0.1) is 0 Å². The van der Waals surface area contributed by atoms with Crippen molar-refractivity contribution >= 4 is 17.4 Å². The zero-order chi connectivity index (χ0) is 31.0. The van der Waals surface area contributed by atoms with Crippen LogP contribution in [0.5, 0.6) is 11.5 Å². The Bertz CT molecular complexity index is 1620. The van der Waals surface area contributed by atoms with E-state index in [0.717, 1.165) is 24.2 Å². The second-order valence-corrected chi connectivity index (χ2v) is 11.1. The first-order valence-corrected chi connectivity index (χ1v) is 15.2. The van der Waals surface area contributed by atoms with E-state index in [-0.39, 0.29) is 11.3 Å². The van der Waals surface area contributed by atoms with Crippen molar-refractivity contribution < 1.29 is 28.9 Å². The largest absolute Gasteiger partial charge is 0.507 e. The maximum Gasteiger partial charge on any atom is 0.295 e. The standard InChI is InChI=1S/C37H36N2O6/c40-35(30-13-17-32(18-14-30)45-26-28-9-5-2-6-10-28)33-34(39(37(42)36(33)41)20-19-38-21-23-43-24-22-38)29-11-15-31(16-12-29)44-25-27-7-3-1-4-8-27/h1-18,34,40H,19-26H2. The van der Waals surface area contributed by atoms with Crippen LogP contribution in [0.25, 0.3) is 5.76 Å². The highest BCUT2D eigenvalue weighted by atomic mass is 16.5. The van der Waals surface area contributed by atoms with Crippen LogP contribution in [0.1, 0.15) is 28.3 Å². The molecule has 2 aliphatic rings. The summed E-state index contributed by atoms with van der Waals surface area (Å²) in [5, 5.41) is 11.5. The summed E-state index contributed by atoms with van der Waals surface area (Å²) in [6.07, 6.45) is 0. The molecule has 0 bridgehead atoms. The highest BCUT2D eigenvalue weighted by molar-refractivity contribution is 6.46. The highest BCUT2D eigenvalue weighted by Crippen LogP contribution is 2.40. The number of ether oxygens (including phenoxy) is 3. The molecule has 4 aromatic carbocycles. The molecule has 1 unspecified atom stereocenters. The van der Waals surface area contributed by atoms with Crippen molar-refractivity contribution in [2.24, 2.45) is 0 Å². The smallest absolute Gasteiger partial charge is 0.295 e. The van der Waals surface area contributed by atoms with Crippen LogP contribution in [0.4, 0.5) is 0 Å². The molecule has 0 aromatic heterocycles. The van der Waals surface area contributed by atoms with E-state index in [1.807, 2.05) is 84.9 Å². The molecule has 0 spiro atoms. The van der Waals surface area contributed by atoms with Crippen molar-refractivity contribution in [2.45, 2.75) is 19.3 Å². The van der Waals surface area contributed by atoms with E-state index in [1.165, 1.54) is 0 Å². The van der Waals surface area contributed by atoms with Gasteiger partial charge in [0.05, 0.1) is 24.8 Å². The Morgan fingerprint density at radius 3 is 1.80 bits per heavy atom. The summed E-state index contributed by atoms with van der Waals surface area (Å²) >= 11 is 0. The molecule has 2 fully saturated rings. The lowest BCUT2D eigenvalue weighted by Crippen LogP contribution is -2.42. The molecule has 1 amide bonds. The molecular weight excluding hydrogens is 568 g/mol. The summed E-state index contributed by atoms with van der Waals surface area (Å²) in [7, 11) is 0. The van der Waals surface area contributed by atoms with E-state index in [2.05, 4.69) is 4.90 Å². The van der Waals surface area contributed by atoms with E-state index < -0.39 is 17.7 Å². The molecule has 0 aliphatic carbocycles. The van der Waals surface area contributed by atoms with Crippen LogP contribution in [0.2, 0.25) is 0 Å². The Labute approximate surface area is 263 Å². The van der Waals surface area contributed by atoms with E-state index in [4.69, 9.17) is 14.2 Å². The molecule has 8 heteroatoms. The van der Waals surface area contributed by atoms with Gasteiger partial charge in [0.15, 0.2) is 0 Å². The van der Waals surface area contributed by atoms with Crippen molar-refractivity contribution in [3.63, 3.8) is 0 Å². The fourth-order valence-electron chi connectivity index (χ4n) is 5.62. The maximum atomic E-state index is 13.5. The second-order valence-electron chi connectivity index (χ2n) is 11.1. The number of ketones is 1. The number of nitrogens with zero attached hydrogens (tertiary/aromatic N) is 2. The van der Waals surface area contributed by atoms with Crippen LogP contribution in [-0.2, 0) is 27.5 Å². The van der Waals surface area contributed by atoms with Gasteiger partial charge >= 0.3 is 0 Å². The summed E-state index contributed by atoms with van der Waals surface area (Å²) in [6, 6.07) is 33.3. The Balaban J connectivity index is 1.25. The van der Waals surface area contributed by atoms with Gasteiger partial charge in [0.2, 0.25) is 0 Å². The number of carbonyl (C=O) groups excluding carboxylic acids is 2. The Morgan fingerprint density at radius 1 is 0.711 bits per heavy atom. The molecule has 230 valence electrons. The topological polar surface area (TPSA) is 88.5 Å². The number of morpholine rings is 1. The average molecular weight is 605 g/mol. The van der Waals surface area contributed by atoms with Crippen LogP contribution in [0, 0.1) is 0 Å². The van der Waals surface area contributed by atoms with Crippen molar-refractivity contribution in [1.82, 2.24) is 9.80 Å². The zero-order valence-corrected chi connectivity index (χ0v) is 25.0. The van der Waals surface area contributed by atoms with Gasteiger partial charge in [-0.3, -0.25) is 14.5 Å². The Morgan fingerprint density at radius 2 is 1.24 bits per heavy atom. The monoisotopic (exact) mass is 604 g/mol. The summed E-state index contributed by atoms with van der Waals surface area (Å²) in [6.45, 7) is 4.56. The lowest BCUT2D eigenvalue weighted by atomic mass is 9.95. The molecule has 0 radical (unpaired) electrons. The average Bonchev–Trinajstić information content (AvgIpc) is 3.35. The van der Waals surface area contributed by atoms with Crippen LogP contribution >= 0.6 is 0 Å². The van der Waals surface area contributed by atoms with E-state index in [1.54, 1.807) is 29.2 Å². The molecule has 1 atom stereocenters. The molecule has 8 nitrogen and oxygen atoms in total. The molecule has 2 heterocycles. The SMILES string of the molecule is O=C1C(=O)N(CCN2CCOCC2)C(c2ccc(OCc3ccccc3)cc2)C1=C(O)c1ccc(OCc2ccccc2)cc1. The first-order valence-electron chi connectivity index (χ1n) is 15.2. The Kier molecular flexibility index (Phi) is 9.53. The third-order valence-electron chi connectivity index (χ3n) is 8.12. The second kappa shape index (κ2) is 14.2. The van der Waals surface area contributed by atoms with Gasteiger partial charge in [0.25, 0.3) is 11.7 Å². The predicted octanol–water partition coefficient (Wildman–Crippen LogP) is 5.60. The first kappa shape index (κ1) is 30.1. The van der Waals surface area contributed by atoms with Crippen molar-refractivity contribution in [3.8, 4) is 11.5 Å².